The van der Waals surface area contributed by atoms with Crippen molar-refractivity contribution in [1.29, 1.82) is 0 Å². The molecule has 0 aliphatic carbocycles. The smallest absolute Gasteiger partial charge is 0.237 e. The van der Waals surface area contributed by atoms with Crippen LogP contribution in [0.5, 0.6) is 0 Å². The van der Waals surface area contributed by atoms with Gasteiger partial charge in [0.25, 0.3) is 0 Å². The highest BCUT2D eigenvalue weighted by molar-refractivity contribution is 7.99. The van der Waals surface area contributed by atoms with E-state index in [4.69, 9.17) is 23.2 Å². The molecule has 0 aliphatic heterocycles. The Morgan fingerprint density at radius 2 is 2.00 bits per heavy atom. The number of thioether (sulfide) groups is 1. The Labute approximate surface area is 157 Å². The molecule has 0 saturated heterocycles. The van der Waals surface area contributed by atoms with Crippen LogP contribution >= 0.6 is 35.0 Å². The molecule has 0 fully saturated rings. The zero-order chi connectivity index (χ0) is 17.8. The monoisotopic (exact) mass is 394 g/mol. The van der Waals surface area contributed by atoms with Gasteiger partial charge < -0.3 is 4.57 Å². The number of hydrogen-bond acceptors (Lipinski definition) is 6. The fourth-order valence-electron chi connectivity index (χ4n) is 2.00. The van der Waals surface area contributed by atoms with Crippen LogP contribution in [0.3, 0.4) is 0 Å². The lowest BCUT2D eigenvalue weighted by molar-refractivity contribution is -0.113. The van der Waals surface area contributed by atoms with Crippen molar-refractivity contribution >= 4 is 46.8 Å². The molecule has 128 valence electrons. The Morgan fingerprint density at radius 3 is 2.72 bits per heavy atom. The van der Waals surface area contributed by atoms with E-state index in [1.165, 1.54) is 11.8 Å². The number of carbonyl (C=O) groups is 1. The van der Waals surface area contributed by atoms with Gasteiger partial charge in [0.1, 0.15) is 0 Å². The SMILES string of the molecule is Cn1c(SCC(=O)Nc2ncccn2)nnc1-c1ccc(Cl)cc1Cl. The van der Waals surface area contributed by atoms with Gasteiger partial charge in [0.05, 0.1) is 10.8 Å². The molecule has 0 bridgehead atoms. The van der Waals surface area contributed by atoms with Crippen LogP contribution in [-0.2, 0) is 11.8 Å². The van der Waals surface area contributed by atoms with E-state index in [-0.39, 0.29) is 17.6 Å². The molecular formula is C15H12Cl2N6OS. The number of rotatable bonds is 5. The summed E-state index contributed by atoms with van der Waals surface area (Å²) in [6, 6.07) is 6.83. The number of benzene rings is 1. The van der Waals surface area contributed by atoms with E-state index in [2.05, 4.69) is 25.5 Å². The summed E-state index contributed by atoms with van der Waals surface area (Å²) >= 11 is 13.4. The highest BCUT2D eigenvalue weighted by Gasteiger charge is 2.15. The third-order valence-electron chi connectivity index (χ3n) is 3.16. The number of halogens is 2. The first-order valence-corrected chi connectivity index (χ1v) is 8.83. The standard InChI is InChI=1S/C15H12Cl2N6OS/c1-23-13(10-4-3-9(16)7-11(10)17)21-22-15(23)25-8-12(24)20-14-18-5-2-6-19-14/h2-7H,8H2,1H3,(H,18,19,20,24). The van der Waals surface area contributed by atoms with E-state index in [1.54, 1.807) is 48.3 Å². The number of anilines is 1. The molecule has 0 radical (unpaired) electrons. The van der Waals surface area contributed by atoms with Crippen molar-refractivity contribution in [3.05, 3.63) is 46.7 Å². The minimum Gasteiger partial charge on any atom is -0.305 e. The predicted octanol–water partition coefficient (Wildman–Crippen LogP) is 3.31. The van der Waals surface area contributed by atoms with Crippen LogP contribution in [0.1, 0.15) is 0 Å². The largest absolute Gasteiger partial charge is 0.305 e. The van der Waals surface area contributed by atoms with E-state index < -0.39 is 0 Å². The summed E-state index contributed by atoms with van der Waals surface area (Å²) in [6.07, 6.45) is 3.11. The van der Waals surface area contributed by atoms with Crippen LogP contribution in [0.2, 0.25) is 10.0 Å². The number of nitrogens with zero attached hydrogens (tertiary/aromatic N) is 5. The van der Waals surface area contributed by atoms with Crippen LogP contribution in [0.4, 0.5) is 5.95 Å². The average Bonchev–Trinajstić information content (AvgIpc) is 2.95. The zero-order valence-electron chi connectivity index (χ0n) is 13.0. The van der Waals surface area contributed by atoms with Crippen LogP contribution in [0.25, 0.3) is 11.4 Å². The molecular weight excluding hydrogens is 383 g/mol. The Kier molecular flexibility index (Phi) is 5.52. The first kappa shape index (κ1) is 17.7. The fraction of sp³-hybridized carbons (Fsp3) is 0.133. The Morgan fingerprint density at radius 1 is 1.24 bits per heavy atom. The summed E-state index contributed by atoms with van der Waals surface area (Å²) in [5.74, 6) is 0.777. The molecule has 0 atom stereocenters. The highest BCUT2D eigenvalue weighted by Crippen LogP contribution is 2.30. The molecule has 0 unspecified atom stereocenters. The number of hydrogen-bond donors (Lipinski definition) is 1. The summed E-state index contributed by atoms with van der Waals surface area (Å²) in [5.41, 5.74) is 0.718. The number of amides is 1. The summed E-state index contributed by atoms with van der Waals surface area (Å²) in [4.78, 5) is 19.8. The van der Waals surface area contributed by atoms with Gasteiger partial charge in [-0.05, 0) is 24.3 Å². The first-order valence-electron chi connectivity index (χ1n) is 7.09. The van der Waals surface area contributed by atoms with Crippen molar-refractivity contribution in [3.63, 3.8) is 0 Å². The number of carbonyl (C=O) groups excluding carboxylic acids is 1. The fourth-order valence-corrected chi connectivity index (χ4v) is 3.20. The van der Waals surface area contributed by atoms with E-state index in [0.717, 1.165) is 5.56 Å². The quantitative estimate of drug-likeness (QED) is 0.668. The van der Waals surface area contributed by atoms with Gasteiger partial charge in [-0.2, -0.15) is 0 Å². The molecule has 7 nitrogen and oxygen atoms in total. The van der Waals surface area contributed by atoms with Gasteiger partial charge in [0.15, 0.2) is 11.0 Å². The summed E-state index contributed by atoms with van der Waals surface area (Å²) < 4.78 is 1.77. The minimum atomic E-state index is -0.231. The third-order valence-corrected chi connectivity index (χ3v) is 4.72. The molecule has 0 spiro atoms. The molecule has 0 saturated carbocycles. The number of nitrogens with one attached hydrogen (secondary N) is 1. The van der Waals surface area contributed by atoms with Gasteiger partial charge in [-0.25, -0.2) is 9.97 Å². The van der Waals surface area contributed by atoms with Crippen molar-refractivity contribution in [2.24, 2.45) is 7.05 Å². The van der Waals surface area contributed by atoms with Gasteiger partial charge in [0, 0.05) is 30.0 Å². The highest BCUT2D eigenvalue weighted by atomic mass is 35.5. The van der Waals surface area contributed by atoms with Gasteiger partial charge >= 0.3 is 0 Å². The molecule has 3 aromatic rings. The van der Waals surface area contributed by atoms with Gasteiger partial charge in [0.2, 0.25) is 11.9 Å². The lowest BCUT2D eigenvalue weighted by Crippen LogP contribution is -2.16. The van der Waals surface area contributed by atoms with Crippen molar-refractivity contribution in [2.75, 3.05) is 11.1 Å². The van der Waals surface area contributed by atoms with Gasteiger partial charge in [-0.15, -0.1) is 10.2 Å². The molecule has 2 heterocycles. The lowest BCUT2D eigenvalue weighted by atomic mass is 10.2. The van der Waals surface area contributed by atoms with Crippen molar-refractivity contribution < 1.29 is 4.79 Å². The molecule has 1 aromatic carbocycles. The van der Waals surface area contributed by atoms with Crippen molar-refractivity contribution in [3.8, 4) is 11.4 Å². The summed E-state index contributed by atoms with van der Waals surface area (Å²) in [6.45, 7) is 0. The van der Waals surface area contributed by atoms with E-state index in [1.807, 2.05) is 0 Å². The summed E-state index contributed by atoms with van der Waals surface area (Å²) in [5, 5.41) is 12.5. The van der Waals surface area contributed by atoms with E-state index in [0.29, 0.717) is 21.0 Å². The molecule has 2 aromatic heterocycles. The van der Waals surface area contributed by atoms with Crippen LogP contribution in [0, 0.1) is 0 Å². The Bertz CT molecular complexity index is 902. The van der Waals surface area contributed by atoms with Crippen molar-refractivity contribution in [1.82, 2.24) is 24.7 Å². The Hall–Kier alpha value is -2.16. The lowest BCUT2D eigenvalue weighted by Gasteiger charge is -2.06. The van der Waals surface area contributed by atoms with Crippen molar-refractivity contribution in [2.45, 2.75) is 5.16 Å². The van der Waals surface area contributed by atoms with Crippen LogP contribution < -0.4 is 5.32 Å². The topological polar surface area (TPSA) is 85.6 Å². The molecule has 25 heavy (non-hydrogen) atoms. The maximum Gasteiger partial charge on any atom is 0.237 e. The Balaban J connectivity index is 1.68. The van der Waals surface area contributed by atoms with Crippen LogP contribution in [0.15, 0.2) is 41.8 Å². The van der Waals surface area contributed by atoms with Gasteiger partial charge in [-0.1, -0.05) is 35.0 Å². The second-order valence-electron chi connectivity index (χ2n) is 4.90. The summed E-state index contributed by atoms with van der Waals surface area (Å²) in [7, 11) is 1.81. The minimum absolute atomic E-state index is 0.151. The molecule has 1 amide bonds. The first-order chi connectivity index (χ1) is 12.0. The number of aromatic nitrogens is 5. The van der Waals surface area contributed by atoms with Gasteiger partial charge in [-0.3, -0.25) is 10.1 Å². The van der Waals surface area contributed by atoms with E-state index >= 15 is 0 Å². The molecule has 3 rings (SSSR count). The average molecular weight is 395 g/mol. The second-order valence-corrected chi connectivity index (χ2v) is 6.68. The third kappa shape index (κ3) is 4.28. The molecule has 10 heteroatoms. The normalized spacial score (nSPS) is 10.7. The van der Waals surface area contributed by atoms with E-state index in [9.17, 15) is 4.79 Å². The van der Waals surface area contributed by atoms with Crippen LogP contribution in [-0.4, -0.2) is 36.4 Å². The molecule has 0 aliphatic rings. The maximum absolute atomic E-state index is 12.0. The zero-order valence-corrected chi connectivity index (χ0v) is 15.3. The molecule has 1 N–H and O–H groups in total. The second kappa shape index (κ2) is 7.81. The maximum atomic E-state index is 12.0. The predicted molar refractivity (Wildman–Crippen MR) is 97.8 cm³/mol.